The number of carbonyl (C=O) groups excluding carboxylic acids is 1. The highest BCUT2D eigenvalue weighted by Gasteiger charge is 2.33. The lowest BCUT2D eigenvalue weighted by Gasteiger charge is -2.43. The molecule has 1 aliphatic heterocycles. The molecule has 1 saturated carbocycles. The highest BCUT2D eigenvalue weighted by Crippen LogP contribution is 2.27. The molecule has 0 atom stereocenters. The number of hydrogen-bond acceptors (Lipinski definition) is 4. The van der Waals surface area contributed by atoms with Crippen LogP contribution in [0, 0.1) is 0 Å². The molecule has 0 radical (unpaired) electrons. The fraction of sp³-hybridized carbons (Fsp3) is 0.875. The summed E-state index contributed by atoms with van der Waals surface area (Å²) in [7, 11) is 3.13. The topological polar surface area (TPSA) is 73.3 Å². The molecule has 2 aliphatic rings. The van der Waals surface area contributed by atoms with E-state index in [1.807, 2.05) is 0 Å². The van der Waals surface area contributed by atoms with Crippen molar-refractivity contribution in [2.45, 2.75) is 57.0 Å². The number of amides is 2. The van der Waals surface area contributed by atoms with Crippen molar-refractivity contribution in [3.63, 3.8) is 0 Å². The quantitative estimate of drug-likeness (QED) is 0.779. The van der Waals surface area contributed by atoms with Gasteiger partial charge in [0.25, 0.3) is 5.91 Å². The summed E-state index contributed by atoms with van der Waals surface area (Å²) < 4.78 is 0. The second-order valence-corrected chi connectivity index (χ2v) is 6.54. The largest absolute Gasteiger partial charge is 0.465 e. The summed E-state index contributed by atoms with van der Waals surface area (Å²) in [5.74, 6) is -0.0428. The van der Waals surface area contributed by atoms with Crippen molar-refractivity contribution in [3.8, 4) is 0 Å². The lowest BCUT2D eigenvalue weighted by molar-refractivity contribution is -0.171. The average Bonchev–Trinajstić information content (AvgIpc) is 2.59. The van der Waals surface area contributed by atoms with Gasteiger partial charge in [-0.05, 0) is 25.7 Å². The predicted octanol–water partition coefficient (Wildman–Crippen LogP) is 1.78. The van der Waals surface area contributed by atoms with Crippen molar-refractivity contribution >= 4 is 12.0 Å². The van der Waals surface area contributed by atoms with Gasteiger partial charge >= 0.3 is 6.09 Å². The highest BCUT2D eigenvalue weighted by atomic mass is 16.7. The molecule has 0 spiro atoms. The van der Waals surface area contributed by atoms with E-state index in [9.17, 15) is 9.59 Å². The summed E-state index contributed by atoms with van der Waals surface area (Å²) in [5.41, 5.74) is 0. The first-order valence-electron chi connectivity index (χ1n) is 8.57. The first kappa shape index (κ1) is 18.0. The maximum atomic E-state index is 12.3. The summed E-state index contributed by atoms with van der Waals surface area (Å²) in [6.07, 6.45) is 6.70. The maximum Gasteiger partial charge on any atom is 0.407 e. The monoisotopic (exact) mass is 327 g/mol. The van der Waals surface area contributed by atoms with Crippen molar-refractivity contribution in [1.29, 1.82) is 0 Å². The van der Waals surface area contributed by atoms with Crippen LogP contribution in [0.15, 0.2) is 0 Å². The van der Waals surface area contributed by atoms with Gasteiger partial charge in [0.1, 0.15) is 0 Å². The normalized spacial score (nSPS) is 20.7. The third-order valence-electron chi connectivity index (χ3n) is 5.19. The molecule has 1 N–H and O–H groups in total. The number of hydroxylamine groups is 2. The van der Waals surface area contributed by atoms with Gasteiger partial charge in [-0.15, -0.1) is 0 Å². The van der Waals surface area contributed by atoms with E-state index in [-0.39, 0.29) is 11.9 Å². The molecule has 2 fully saturated rings. The minimum atomic E-state index is -0.845. The van der Waals surface area contributed by atoms with E-state index in [1.165, 1.54) is 36.3 Å². The Balaban J connectivity index is 2.01. The molecule has 0 bridgehead atoms. The van der Waals surface area contributed by atoms with Gasteiger partial charge in [0.05, 0.1) is 13.7 Å². The van der Waals surface area contributed by atoms with Crippen LogP contribution < -0.4 is 0 Å². The molecular weight excluding hydrogens is 298 g/mol. The molecule has 1 saturated heterocycles. The Morgan fingerprint density at radius 3 is 2.17 bits per heavy atom. The number of likely N-dealkylation sites (N-methyl/N-ethyl adjacent to an activating group) is 1. The number of carbonyl (C=O) groups is 2. The molecule has 7 heteroatoms. The van der Waals surface area contributed by atoms with Crippen molar-refractivity contribution in [1.82, 2.24) is 14.9 Å². The van der Waals surface area contributed by atoms with Gasteiger partial charge < -0.3 is 10.0 Å². The van der Waals surface area contributed by atoms with E-state index >= 15 is 0 Å². The van der Waals surface area contributed by atoms with E-state index < -0.39 is 6.09 Å². The predicted molar refractivity (Wildman–Crippen MR) is 86.0 cm³/mol. The minimum Gasteiger partial charge on any atom is -0.465 e. The fourth-order valence-electron chi connectivity index (χ4n) is 3.72. The Hall–Kier alpha value is -1.34. The second-order valence-electron chi connectivity index (χ2n) is 6.54. The summed E-state index contributed by atoms with van der Waals surface area (Å²) in [6.45, 7) is 1.46. The Morgan fingerprint density at radius 2 is 1.65 bits per heavy atom. The first-order valence-corrected chi connectivity index (χ1v) is 8.57. The zero-order chi connectivity index (χ0) is 16.8. The van der Waals surface area contributed by atoms with Gasteiger partial charge in [-0.3, -0.25) is 14.5 Å². The van der Waals surface area contributed by atoms with Gasteiger partial charge in [-0.25, -0.2) is 9.86 Å². The van der Waals surface area contributed by atoms with Crippen molar-refractivity contribution in [2.24, 2.45) is 0 Å². The van der Waals surface area contributed by atoms with Crippen LogP contribution in [0.5, 0.6) is 0 Å². The van der Waals surface area contributed by atoms with Crippen molar-refractivity contribution in [3.05, 3.63) is 0 Å². The number of hydrogen-bond donors (Lipinski definition) is 1. The summed E-state index contributed by atoms with van der Waals surface area (Å²) in [6, 6.07) is 0.710. The summed E-state index contributed by atoms with van der Waals surface area (Å²) in [5, 5.41) is 10.4. The van der Waals surface area contributed by atoms with E-state index in [2.05, 4.69) is 4.90 Å². The first-order chi connectivity index (χ1) is 11.0. The van der Waals surface area contributed by atoms with E-state index in [1.54, 1.807) is 7.05 Å². The van der Waals surface area contributed by atoms with Crippen LogP contribution in [-0.4, -0.2) is 77.8 Å². The van der Waals surface area contributed by atoms with Crippen LogP contribution in [0.25, 0.3) is 0 Å². The molecule has 1 aliphatic carbocycles. The molecule has 0 unspecified atom stereocenters. The Labute approximate surface area is 138 Å². The van der Waals surface area contributed by atoms with E-state index in [0.29, 0.717) is 25.7 Å². The molecule has 2 rings (SSSR count). The Morgan fingerprint density at radius 1 is 1.09 bits per heavy atom. The van der Waals surface area contributed by atoms with Crippen molar-refractivity contribution in [2.75, 3.05) is 33.8 Å². The minimum absolute atomic E-state index is 0.0428. The molecule has 0 aromatic carbocycles. The molecule has 0 aromatic heterocycles. The lowest BCUT2D eigenvalue weighted by Crippen LogP contribution is -2.53. The molecule has 7 nitrogen and oxygen atoms in total. The number of piperidine rings is 1. The highest BCUT2D eigenvalue weighted by molar-refractivity contribution is 5.77. The number of likely N-dealkylation sites (tertiary alicyclic amines) is 1. The number of rotatable bonds is 5. The molecule has 0 aromatic rings. The van der Waals surface area contributed by atoms with Gasteiger partial charge in [0.15, 0.2) is 0 Å². The van der Waals surface area contributed by atoms with Crippen LogP contribution in [0.1, 0.15) is 44.9 Å². The molecule has 23 heavy (non-hydrogen) atoms. The van der Waals surface area contributed by atoms with Gasteiger partial charge in [-0.2, -0.15) is 0 Å². The summed E-state index contributed by atoms with van der Waals surface area (Å²) in [4.78, 5) is 32.2. The smallest absolute Gasteiger partial charge is 0.407 e. The van der Waals surface area contributed by atoms with E-state index in [4.69, 9.17) is 9.94 Å². The molecule has 2 amide bonds. The maximum absolute atomic E-state index is 12.3. The van der Waals surface area contributed by atoms with Gasteiger partial charge in [0, 0.05) is 32.2 Å². The number of carboxylic acid groups (broad SMARTS) is 1. The zero-order valence-corrected chi connectivity index (χ0v) is 14.2. The van der Waals surface area contributed by atoms with Gasteiger partial charge in [0.2, 0.25) is 0 Å². The standard InChI is InChI=1S/C16H29N3O4/c1-17(23-2)15(20)12-19(13-6-4-3-5-7-13)14-8-10-18(11-9-14)16(21)22/h13-14H,3-12H2,1-2H3,(H,21,22). The SMILES string of the molecule is CON(C)C(=O)CN(C1CCCCC1)C1CCN(C(=O)O)CC1. The Bertz CT molecular complexity index is 404. The molecule has 132 valence electrons. The Kier molecular flexibility index (Phi) is 6.65. The third-order valence-corrected chi connectivity index (χ3v) is 5.19. The lowest BCUT2D eigenvalue weighted by atomic mass is 9.91. The molecule has 1 heterocycles. The summed E-state index contributed by atoms with van der Waals surface area (Å²) >= 11 is 0. The van der Waals surface area contributed by atoms with Crippen LogP contribution in [0.4, 0.5) is 4.79 Å². The average molecular weight is 327 g/mol. The van der Waals surface area contributed by atoms with Crippen LogP contribution >= 0.6 is 0 Å². The van der Waals surface area contributed by atoms with E-state index in [0.717, 1.165) is 25.7 Å². The molecular formula is C16H29N3O4. The third kappa shape index (κ3) is 4.81. The van der Waals surface area contributed by atoms with Crippen molar-refractivity contribution < 1.29 is 19.5 Å². The van der Waals surface area contributed by atoms with Crippen LogP contribution in [0.2, 0.25) is 0 Å². The van der Waals surface area contributed by atoms with Crippen LogP contribution in [-0.2, 0) is 9.63 Å². The zero-order valence-electron chi connectivity index (χ0n) is 14.2. The number of nitrogens with zero attached hydrogens (tertiary/aromatic N) is 3. The van der Waals surface area contributed by atoms with Gasteiger partial charge in [-0.1, -0.05) is 19.3 Å². The fourth-order valence-corrected chi connectivity index (χ4v) is 3.72. The van der Waals surface area contributed by atoms with Crippen LogP contribution in [0.3, 0.4) is 0 Å². The second kappa shape index (κ2) is 8.49.